The molecule has 1 saturated heterocycles. The number of nitrogens with one attached hydrogen (secondary N) is 2. The number of amides is 1. The molecular formula is C36H64N2O5. The Morgan fingerprint density at radius 3 is 1.91 bits per heavy atom. The highest BCUT2D eigenvalue weighted by Gasteiger charge is 2.42. The Bertz CT molecular complexity index is 770. The van der Waals surface area contributed by atoms with Crippen LogP contribution in [0.25, 0.3) is 0 Å². The van der Waals surface area contributed by atoms with E-state index < -0.39 is 0 Å². The first-order valence-electron chi connectivity index (χ1n) is 18.3. The van der Waals surface area contributed by atoms with E-state index in [0.29, 0.717) is 69.3 Å². The Morgan fingerprint density at radius 2 is 1.28 bits per heavy atom. The lowest BCUT2D eigenvalue weighted by molar-refractivity contribution is -0.125. The van der Waals surface area contributed by atoms with Crippen molar-refractivity contribution in [2.24, 2.45) is 17.8 Å². The number of rotatable bonds is 17. The molecule has 248 valence electrons. The van der Waals surface area contributed by atoms with Crippen molar-refractivity contribution >= 4 is 17.5 Å². The van der Waals surface area contributed by atoms with Gasteiger partial charge < -0.3 is 20.1 Å². The van der Waals surface area contributed by atoms with Gasteiger partial charge in [-0.1, -0.05) is 89.9 Å². The highest BCUT2D eigenvalue weighted by molar-refractivity contribution is 5.89. The lowest BCUT2D eigenvalue weighted by atomic mass is 9.79. The molecule has 0 spiro atoms. The van der Waals surface area contributed by atoms with E-state index in [4.69, 9.17) is 9.47 Å². The van der Waals surface area contributed by atoms with Crippen molar-refractivity contribution < 1.29 is 23.9 Å². The van der Waals surface area contributed by atoms with Crippen LogP contribution in [0.15, 0.2) is 0 Å². The van der Waals surface area contributed by atoms with E-state index in [1.165, 1.54) is 89.9 Å². The fourth-order valence-electron chi connectivity index (χ4n) is 7.66. The summed E-state index contributed by atoms with van der Waals surface area (Å²) in [4.78, 5) is 37.9. The molecule has 2 saturated carbocycles. The molecule has 0 radical (unpaired) electrons. The van der Waals surface area contributed by atoms with Gasteiger partial charge in [0.05, 0.1) is 32.5 Å². The van der Waals surface area contributed by atoms with Gasteiger partial charge in [-0.2, -0.15) is 0 Å². The van der Waals surface area contributed by atoms with Gasteiger partial charge >= 0.3 is 0 Å². The van der Waals surface area contributed by atoms with Crippen LogP contribution in [-0.4, -0.2) is 62.5 Å². The predicted molar refractivity (Wildman–Crippen MR) is 173 cm³/mol. The van der Waals surface area contributed by atoms with Crippen LogP contribution in [0.5, 0.6) is 0 Å². The van der Waals surface area contributed by atoms with Crippen molar-refractivity contribution in [1.82, 2.24) is 10.6 Å². The van der Waals surface area contributed by atoms with E-state index >= 15 is 0 Å². The molecule has 1 amide bonds. The summed E-state index contributed by atoms with van der Waals surface area (Å²) in [6, 6.07) is 0.311. The molecule has 2 aliphatic carbocycles. The van der Waals surface area contributed by atoms with Gasteiger partial charge in [-0.3, -0.25) is 14.4 Å². The van der Waals surface area contributed by atoms with Gasteiger partial charge in [-0.05, 0) is 51.4 Å². The van der Waals surface area contributed by atoms with Crippen molar-refractivity contribution in [3.63, 3.8) is 0 Å². The van der Waals surface area contributed by atoms with Gasteiger partial charge in [0.1, 0.15) is 5.78 Å². The number of ether oxygens (including phenoxy) is 2. The van der Waals surface area contributed by atoms with E-state index in [1.807, 2.05) is 0 Å². The molecule has 1 aliphatic heterocycles. The van der Waals surface area contributed by atoms with Gasteiger partial charge in [0.15, 0.2) is 5.78 Å². The summed E-state index contributed by atoms with van der Waals surface area (Å²) in [5, 5.41) is 6.61. The minimum absolute atomic E-state index is 0.0135. The Morgan fingerprint density at radius 1 is 0.721 bits per heavy atom. The minimum atomic E-state index is 0.0135. The molecule has 0 aromatic rings. The molecule has 3 fully saturated rings. The Balaban J connectivity index is 1.13. The average Bonchev–Trinajstić information content (AvgIpc) is 3.41. The summed E-state index contributed by atoms with van der Waals surface area (Å²) in [7, 11) is 0. The van der Waals surface area contributed by atoms with Crippen LogP contribution in [0.4, 0.5) is 0 Å². The maximum absolute atomic E-state index is 13.3. The number of ketones is 2. The van der Waals surface area contributed by atoms with Crippen molar-refractivity contribution in [3.05, 3.63) is 0 Å². The van der Waals surface area contributed by atoms with Crippen LogP contribution in [-0.2, 0) is 23.9 Å². The van der Waals surface area contributed by atoms with E-state index in [-0.39, 0.29) is 23.8 Å². The first-order valence-corrected chi connectivity index (χ1v) is 18.3. The molecule has 0 bridgehead atoms. The van der Waals surface area contributed by atoms with Crippen LogP contribution in [0.1, 0.15) is 148 Å². The Labute approximate surface area is 262 Å². The van der Waals surface area contributed by atoms with E-state index in [2.05, 4.69) is 17.6 Å². The number of Topliss-reactive ketones (excluding diaryl/α,β-unsaturated/α-hetero) is 2. The van der Waals surface area contributed by atoms with Gasteiger partial charge in [0, 0.05) is 37.3 Å². The zero-order valence-corrected chi connectivity index (χ0v) is 27.5. The lowest BCUT2D eigenvalue weighted by Crippen LogP contribution is -2.31. The van der Waals surface area contributed by atoms with E-state index in [1.54, 1.807) is 0 Å². The van der Waals surface area contributed by atoms with Crippen molar-refractivity contribution in [2.75, 3.05) is 33.0 Å². The third kappa shape index (κ3) is 14.6. The summed E-state index contributed by atoms with van der Waals surface area (Å²) in [6.45, 7) is 4.63. The summed E-state index contributed by atoms with van der Waals surface area (Å²) in [6.07, 6.45) is 24.7. The first kappa shape index (κ1) is 36.2. The maximum Gasteiger partial charge on any atom is 0.222 e. The minimum Gasteiger partial charge on any atom is -0.379 e. The zero-order valence-electron chi connectivity index (χ0n) is 27.5. The smallest absolute Gasteiger partial charge is 0.222 e. The summed E-state index contributed by atoms with van der Waals surface area (Å²) in [5.74, 6) is 1.83. The van der Waals surface area contributed by atoms with Gasteiger partial charge in [0.2, 0.25) is 5.91 Å². The second kappa shape index (κ2) is 22.2. The fraction of sp³-hybridized carbons (Fsp3) is 0.917. The summed E-state index contributed by atoms with van der Waals surface area (Å²) in [5.41, 5.74) is 0. The second-order valence-electron chi connectivity index (χ2n) is 13.7. The number of hydrogen-bond acceptors (Lipinski definition) is 6. The lowest BCUT2D eigenvalue weighted by Gasteiger charge is -2.25. The monoisotopic (exact) mass is 604 g/mol. The average molecular weight is 605 g/mol. The SMILES string of the molecule is CC1NC(CCCCCNC(=O)CCOCCOCCC(=O)C2CCCCCCCC2)C(=O)C1C1CCCCCCCC1. The molecule has 43 heavy (non-hydrogen) atoms. The second-order valence-corrected chi connectivity index (χ2v) is 13.7. The molecule has 3 unspecified atom stereocenters. The van der Waals surface area contributed by atoms with Crippen LogP contribution in [0, 0.1) is 17.8 Å². The quantitative estimate of drug-likeness (QED) is 0.172. The van der Waals surface area contributed by atoms with Crippen LogP contribution in [0.2, 0.25) is 0 Å². The van der Waals surface area contributed by atoms with Crippen LogP contribution in [0.3, 0.4) is 0 Å². The number of unbranched alkanes of at least 4 members (excludes halogenated alkanes) is 2. The molecule has 3 aliphatic rings. The van der Waals surface area contributed by atoms with Gasteiger partial charge in [0.25, 0.3) is 0 Å². The topological polar surface area (TPSA) is 93.7 Å². The fourth-order valence-corrected chi connectivity index (χ4v) is 7.66. The molecule has 7 heteroatoms. The van der Waals surface area contributed by atoms with Crippen LogP contribution < -0.4 is 10.6 Å². The normalized spacial score (nSPS) is 25.2. The van der Waals surface area contributed by atoms with E-state index in [0.717, 1.165) is 38.5 Å². The summed E-state index contributed by atoms with van der Waals surface area (Å²) >= 11 is 0. The highest BCUT2D eigenvalue weighted by Crippen LogP contribution is 2.35. The predicted octanol–water partition coefficient (Wildman–Crippen LogP) is 7.09. The maximum atomic E-state index is 13.3. The van der Waals surface area contributed by atoms with Crippen molar-refractivity contribution in [3.8, 4) is 0 Å². The Hall–Kier alpha value is -1.31. The molecule has 0 aromatic heterocycles. The number of carbonyl (C=O) groups is 3. The van der Waals surface area contributed by atoms with Crippen molar-refractivity contribution in [2.45, 2.75) is 160 Å². The molecule has 3 atom stereocenters. The molecular weight excluding hydrogens is 540 g/mol. The Kier molecular flexibility index (Phi) is 18.7. The molecule has 0 aromatic carbocycles. The third-order valence-electron chi connectivity index (χ3n) is 10.2. The van der Waals surface area contributed by atoms with Crippen molar-refractivity contribution in [1.29, 1.82) is 0 Å². The highest BCUT2D eigenvalue weighted by atomic mass is 16.5. The molecule has 3 rings (SSSR count). The van der Waals surface area contributed by atoms with E-state index in [9.17, 15) is 14.4 Å². The third-order valence-corrected chi connectivity index (χ3v) is 10.2. The summed E-state index contributed by atoms with van der Waals surface area (Å²) < 4.78 is 11.2. The van der Waals surface area contributed by atoms with Crippen LogP contribution >= 0.6 is 0 Å². The zero-order chi connectivity index (χ0) is 30.5. The molecule has 1 heterocycles. The number of hydrogen-bond donors (Lipinski definition) is 2. The standard InChI is InChI=1S/C36H64N2O5/c1-29-35(31-19-13-8-4-5-9-14-20-31)36(41)32(38-29)21-15-10-16-24-37-34(40)23-26-43-28-27-42-25-22-33(39)30-17-11-6-2-3-7-12-18-30/h29-32,35,38H,2-28H2,1H3,(H,37,40). The largest absolute Gasteiger partial charge is 0.379 e. The first-order chi connectivity index (χ1) is 21.1. The molecule has 2 N–H and O–H groups in total. The number of carbonyl (C=O) groups excluding carboxylic acids is 3. The van der Waals surface area contributed by atoms with Gasteiger partial charge in [-0.25, -0.2) is 0 Å². The molecule has 7 nitrogen and oxygen atoms in total. The van der Waals surface area contributed by atoms with Gasteiger partial charge in [-0.15, -0.1) is 0 Å².